The lowest BCUT2D eigenvalue weighted by atomic mass is 9.99. The lowest BCUT2D eigenvalue weighted by molar-refractivity contribution is -0.237. The van der Waals surface area contributed by atoms with Gasteiger partial charge in [0, 0.05) is 4.90 Å². The van der Waals surface area contributed by atoms with Crippen LogP contribution < -0.4 is 0 Å². The molecule has 1 aliphatic heterocycles. The zero-order valence-electron chi connectivity index (χ0n) is 22.9. The van der Waals surface area contributed by atoms with Crippen molar-refractivity contribution in [2.24, 2.45) is 0 Å². The van der Waals surface area contributed by atoms with E-state index < -0.39 is 35.8 Å². The van der Waals surface area contributed by atoms with Crippen LogP contribution in [0.1, 0.15) is 27.0 Å². The van der Waals surface area contributed by atoms with Crippen LogP contribution in [0.4, 0.5) is 0 Å². The van der Waals surface area contributed by atoms with Gasteiger partial charge in [-0.05, 0) is 42.3 Å². The van der Waals surface area contributed by atoms with Gasteiger partial charge in [0.05, 0.1) is 18.8 Å². The highest BCUT2D eigenvalue weighted by atomic mass is 32.2. The normalized spacial score (nSPS) is 22.2. The number of esters is 1. The van der Waals surface area contributed by atoms with Gasteiger partial charge < -0.3 is 24.1 Å². The van der Waals surface area contributed by atoms with Crippen LogP contribution >= 0.6 is 11.8 Å². The second-order valence-corrected chi connectivity index (χ2v) is 11.1. The van der Waals surface area contributed by atoms with Gasteiger partial charge in [0.2, 0.25) is 0 Å². The van der Waals surface area contributed by atoms with E-state index in [1.165, 1.54) is 11.8 Å². The molecular weight excluding hydrogens is 536 g/mol. The summed E-state index contributed by atoms with van der Waals surface area (Å²) < 4.78 is 24.9. The Bertz CT molecular complexity index is 1350. The predicted molar refractivity (Wildman–Crippen MR) is 158 cm³/mol. The van der Waals surface area contributed by atoms with Crippen molar-refractivity contribution in [2.45, 2.75) is 54.9 Å². The molecule has 4 aromatic rings. The first-order valence-corrected chi connectivity index (χ1v) is 14.5. The first-order chi connectivity index (χ1) is 20.1. The van der Waals surface area contributed by atoms with Crippen LogP contribution in [-0.2, 0) is 32.2 Å². The van der Waals surface area contributed by atoms with Crippen LogP contribution in [0.2, 0.25) is 0 Å². The Balaban J connectivity index is 1.39. The molecule has 4 aromatic carbocycles. The van der Waals surface area contributed by atoms with Crippen molar-refractivity contribution in [3.63, 3.8) is 0 Å². The Morgan fingerprint density at radius 1 is 0.756 bits per heavy atom. The number of benzene rings is 4. The number of carbonyl (C=O) groups is 1. The summed E-state index contributed by atoms with van der Waals surface area (Å²) >= 11 is 1.50. The third-order valence-electron chi connectivity index (χ3n) is 6.85. The smallest absolute Gasteiger partial charge is 0.338 e. The number of ether oxygens (including phenoxy) is 4. The molecule has 0 bridgehead atoms. The minimum atomic E-state index is -1.10. The van der Waals surface area contributed by atoms with Gasteiger partial charge in [-0.2, -0.15) is 0 Å². The summed E-state index contributed by atoms with van der Waals surface area (Å²) in [5, 5.41) is 11.5. The highest BCUT2D eigenvalue weighted by Crippen LogP contribution is 2.37. The van der Waals surface area contributed by atoms with Crippen LogP contribution in [0.3, 0.4) is 0 Å². The molecule has 5 rings (SSSR count). The lowest BCUT2D eigenvalue weighted by Crippen LogP contribution is -2.59. The summed E-state index contributed by atoms with van der Waals surface area (Å²) in [6.07, 6.45) is -3.27. The molecule has 0 spiro atoms. The summed E-state index contributed by atoms with van der Waals surface area (Å²) in [6, 6.07) is 36.6. The van der Waals surface area contributed by atoms with Gasteiger partial charge in [-0.3, -0.25) is 0 Å². The molecule has 0 saturated carbocycles. The van der Waals surface area contributed by atoms with Crippen LogP contribution in [0, 0.1) is 6.92 Å². The summed E-state index contributed by atoms with van der Waals surface area (Å²) in [5.74, 6) is -0.478. The fourth-order valence-corrected chi connectivity index (χ4v) is 5.72. The molecule has 7 heteroatoms. The first kappa shape index (κ1) is 29.0. The monoisotopic (exact) mass is 570 g/mol. The fraction of sp³-hybridized carbons (Fsp3) is 0.265. The van der Waals surface area contributed by atoms with Gasteiger partial charge in [0.25, 0.3) is 0 Å². The molecule has 0 amide bonds. The SMILES string of the molecule is Cc1ccc(S[C@H]2O[C@@H](COC(=O)c3ccccc3)[C@H](O)[C@@H](OCc3ccccc3)[C@@H]2OCc2ccccc2)cc1. The second-order valence-electron chi connectivity index (χ2n) is 9.95. The molecule has 1 saturated heterocycles. The minimum absolute atomic E-state index is 0.129. The van der Waals surface area contributed by atoms with Crippen LogP contribution in [0.15, 0.2) is 120 Å². The van der Waals surface area contributed by atoms with Gasteiger partial charge in [-0.1, -0.05) is 108 Å². The molecule has 212 valence electrons. The van der Waals surface area contributed by atoms with E-state index in [0.717, 1.165) is 21.6 Å². The van der Waals surface area contributed by atoms with E-state index in [9.17, 15) is 9.90 Å². The summed E-state index contributed by atoms with van der Waals surface area (Å²) in [4.78, 5) is 13.7. The number of rotatable bonds is 11. The average molecular weight is 571 g/mol. The van der Waals surface area contributed by atoms with Crippen molar-refractivity contribution in [1.29, 1.82) is 0 Å². The van der Waals surface area contributed by atoms with Crippen molar-refractivity contribution in [3.8, 4) is 0 Å². The molecule has 0 aliphatic carbocycles. The fourth-order valence-electron chi connectivity index (χ4n) is 4.59. The molecule has 5 atom stereocenters. The molecule has 1 heterocycles. The largest absolute Gasteiger partial charge is 0.459 e. The van der Waals surface area contributed by atoms with Crippen LogP contribution in [-0.4, -0.2) is 47.5 Å². The number of aliphatic hydroxyl groups excluding tert-OH is 1. The molecule has 0 aromatic heterocycles. The van der Waals surface area contributed by atoms with Crippen molar-refractivity contribution in [3.05, 3.63) is 138 Å². The van der Waals surface area contributed by atoms with Gasteiger partial charge >= 0.3 is 5.97 Å². The molecular formula is C34H34O6S. The highest BCUT2D eigenvalue weighted by molar-refractivity contribution is 7.99. The molecule has 0 radical (unpaired) electrons. The zero-order valence-corrected chi connectivity index (χ0v) is 23.7. The van der Waals surface area contributed by atoms with Crippen molar-refractivity contribution >= 4 is 17.7 Å². The Labute approximate surface area is 245 Å². The summed E-state index contributed by atoms with van der Waals surface area (Å²) in [7, 11) is 0. The third kappa shape index (κ3) is 8.06. The Morgan fingerprint density at radius 3 is 1.88 bits per heavy atom. The number of hydrogen-bond acceptors (Lipinski definition) is 7. The number of aliphatic hydroxyl groups is 1. The number of thioether (sulfide) groups is 1. The molecule has 1 aliphatic rings. The van der Waals surface area contributed by atoms with E-state index in [0.29, 0.717) is 12.2 Å². The van der Waals surface area contributed by atoms with Crippen molar-refractivity contribution in [2.75, 3.05) is 6.61 Å². The van der Waals surface area contributed by atoms with Gasteiger partial charge in [0.15, 0.2) is 0 Å². The Hall–Kier alpha value is -3.46. The van der Waals surface area contributed by atoms with E-state index in [4.69, 9.17) is 18.9 Å². The molecule has 1 N–H and O–H groups in total. The Morgan fingerprint density at radius 2 is 1.29 bits per heavy atom. The first-order valence-electron chi connectivity index (χ1n) is 13.7. The Kier molecular flexibility index (Phi) is 10.2. The quantitative estimate of drug-likeness (QED) is 0.215. The van der Waals surface area contributed by atoms with Gasteiger partial charge in [-0.15, -0.1) is 0 Å². The maximum absolute atomic E-state index is 12.7. The maximum Gasteiger partial charge on any atom is 0.338 e. The third-order valence-corrected chi connectivity index (χ3v) is 8.01. The van der Waals surface area contributed by atoms with Gasteiger partial charge in [0.1, 0.15) is 36.5 Å². The summed E-state index contributed by atoms with van der Waals surface area (Å²) in [6.45, 7) is 2.52. The van der Waals surface area contributed by atoms with Crippen molar-refractivity contribution in [1.82, 2.24) is 0 Å². The van der Waals surface area contributed by atoms with E-state index >= 15 is 0 Å². The summed E-state index contributed by atoms with van der Waals surface area (Å²) in [5.41, 5.74) is 3.03. The van der Waals surface area contributed by atoms with E-state index in [-0.39, 0.29) is 13.2 Å². The van der Waals surface area contributed by atoms with Crippen molar-refractivity contribution < 1.29 is 28.8 Å². The highest BCUT2D eigenvalue weighted by Gasteiger charge is 2.47. The average Bonchev–Trinajstić information content (AvgIpc) is 3.02. The van der Waals surface area contributed by atoms with Crippen LogP contribution in [0.25, 0.3) is 0 Å². The molecule has 41 heavy (non-hydrogen) atoms. The van der Waals surface area contributed by atoms with Gasteiger partial charge in [-0.25, -0.2) is 4.79 Å². The maximum atomic E-state index is 12.7. The standard InChI is InChI=1S/C34H34O6S/c1-24-17-19-28(20-18-24)41-34-32(38-22-26-13-7-3-8-14-26)31(37-21-25-11-5-2-6-12-25)30(35)29(40-34)23-39-33(36)27-15-9-4-10-16-27/h2-20,29-32,34-35H,21-23H2,1H3/t29-,30-,31+,32-,34+/m0/s1. The number of hydrogen-bond donors (Lipinski definition) is 1. The molecule has 0 unspecified atom stereocenters. The van der Waals surface area contributed by atoms with E-state index in [2.05, 4.69) is 0 Å². The molecule has 1 fully saturated rings. The second kappa shape index (κ2) is 14.4. The molecule has 6 nitrogen and oxygen atoms in total. The van der Waals surface area contributed by atoms with Crippen LogP contribution in [0.5, 0.6) is 0 Å². The lowest BCUT2D eigenvalue weighted by Gasteiger charge is -2.44. The van der Waals surface area contributed by atoms with E-state index in [1.807, 2.05) is 97.9 Å². The topological polar surface area (TPSA) is 74.2 Å². The zero-order chi connectivity index (χ0) is 28.4. The minimum Gasteiger partial charge on any atom is -0.459 e. The number of aryl methyl sites for hydroxylation is 1. The predicted octanol–water partition coefficient (Wildman–Crippen LogP) is 6.20. The van der Waals surface area contributed by atoms with E-state index in [1.54, 1.807) is 24.3 Å². The number of carbonyl (C=O) groups excluding carboxylic acids is 1.